The lowest BCUT2D eigenvalue weighted by Crippen LogP contribution is -1.93. The SMILES string of the molecule is Cc1cc(C)c2[nH]ccc2c1[N+](=O)[O-]. The molecule has 0 bridgehead atoms. The number of nitro groups is 1. The molecular formula is C10H10N2O2. The van der Waals surface area contributed by atoms with Gasteiger partial charge in [-0.15, -0.1) is 0 Å². The molecule has 0 atom stereocenters. The van der Waals surface area contributed by atoms with Gasteiger partial charge in [-0.2, -0.15) is 0 Å². The standard InChI is InChI=1S/C10H10N2O2/c1-6-5-7(2)10(12(13)14)8-3-4-11-9(6)8/h3-5,11H,1-2H3. The van der Waals surface area contributed by atoms with Gasteiger partial charge in [0.2, 0.25) is 0 Å². The maximum absolute atomic E-state index is 10.8. The van der Waals surface area contributed by atoms with Gasteiger partial charge in [0.05, 0.1) is 15.8 Å². The third-order valence-electron chi connectivity index (χ3n) is 2.39. The van der Waals surface area contributed by atoms with Crippen molar-refractivity contribution >= 4 is 16.6 Å². The van der Waals surface area contributed by atoms with Crippen LogP contribution in [0.5, 0.6) is 0 Å². The number of H-pyrrole nitrogens is 1. The number of nitro benzene ring substituents is 1. The van der Waals surface area contributed by atoms with E-state index in [0.29, 0.717) is 10.9 Å². The van der Waals surface area contributed by atoms with Gasteiger partial charge >= 0.3 is 0 Å². The first-order chi connectivity index (χ1) is 6.61. The third-order valence-corrected chi connectivity index (χ3v) is 2.39. The number of fused-ring (bicyclic) bond motifs is 1. The van der Waals surface area contributed by atoms with Crippen LogP contribution in [-0.2, 0) is 0 Å². The summed E-state index contributed by atoms with van der Waals surface area (Å²) >= 11 is 0. The molecule has 2 rings (SSSR count). The largest absolute Gasteiger partial charge is 0.361 e. The highest BCUT2D eigenvalue weighted by molar-refractivity contribution is 5.92. The molecule has 1 heterocycles. The van der Waals surface area contributed by atoms with Crippen molar-refractivity contribution in [2.45, 2.75) is 13.8 Å². The maximum Gasteiger partial charge on any atom is 0.281 e. The van der Waals surface area contributed by atoms with Crippen molar-refractivity contribution in [1.29, 1.82) is 0 Å². The average molecular weight is 190 g/mol. The lowest BCUT2D eigenvalue weighted by atomic mass is 10.1. The molecule has 0 saturated carbocycles. The first kappa shape index (κ1) is 8.74. The van der Waals surface area contributed by atoms with E-state index in [1.54, 1.807) is 19.2 Å². The smallest absolute Gasteiger partial charge is 0.281 e. The summed E-state index contributed by atoms with van der Waals surface area (Å²) in [4.78, 5) is 13.5. The summed E-state index contributed by atoms with van der Waals surface area (Å²) in [6, 6.07) is 3.57. The summed E-state index contributed by atoms with van der Waals surface area (Å²) in [5, 5.41) is 11.5. The van der Waals surface area contributed by atoms with E-state index in [4.69, 9.17) is 0 Å². The molecule has 0 radical (unpaired) electrons. The van der Waals surface area contributed by atoms with Crippen molar-refractivity contribution < 1.29 is 4.92 Å². The fourth-order valence-corrected chi connectivity index (χ4v) is 1.81. The van der Waals surface area contributed by atoms with E-state index in [1.165, 1.54) is 0 Å². The van der Waals surface area contributed by atoms with Crippen LogP contribution in [0.25, 0.3) is 10.9 Å². The van der Waals surface area contributed by atoms with Crippen molar-refractivity contribution in [3.05, 3.63) is 39.6 Å². The van der Waals surface area contributed by atoms with Crippen LogP contribution in [0.15, 0.2) is 18.3 Å². The molecule has 72 valence electrons. The van der Waals surface area contributed by atoms with Crippen molar-refractivity contribution in [2.24, 2.45) is 0 Å². The minimum Gasteiger partial charge on any atom is -0.361 e. The van der Waals surface area contributed by atoms with Crippen LogP contribution in [0.1, 0.15) is 11.1 Å². The summed E-state index contributed by atoms with van der Waals surface area (Å²) in [6.45, 7) is 3.70. The molecule has 0 fully saturated rings. The van der Waals surface area contributed by atoms with Gasteiger partial charge in [-0.05, 0) is 31.5 Å². The van der Waals surface area contributed by atoms with Crippen LogP contribution in [0.2, 0.25) is 0 Å². The summed E-state index contributed by atoms with van der Waals surface area (Å²) in [6.07, 6.45) is 1.73. The normalized spacial score (nSPS) is 10.7. The van der Waals surface area contributed by atoms with Crippen LogP contribution in [-0.4, -0.2) is 9.91 Å². The Bertz CT molecular complexity index is 514. The first-order valence-electron chi connectivity index (χ1n) is 4.33. The highest BCUT2D eigenvalue weighted by atomic mass is 16.6. The lowest BCUT2D eigenvalue weighted by Gasteiger charge is -2.01. The van der Waals surface area contributed by atoms with E-state index >= 15 is 0 Å². The quantitative estimate of drug-likeness (QED) is 0.555. The van der Waals surface area contributed by atoms with Crippen LogP contribution < -0.4 is 0 Å². The van der Waals surface area contributed by atoms with Crippen LogP contribution >= 0.6 is 0 Å². The second-order valence-electron chi connectivity index (χ2n) is 3.38. The van der Waals surface area contributed by atoms with Gasteiger partial charge < -0.3 is 4.98 Å². The molecule has 14 heavy (non-hydrogen) atoms. The van der Waals surface area contributed by atoms with E-state index in [2.05, 4.69) is 4.98 Å². The zero-order chi connectivity index (χ0) is 10.3. The van der Waals surface area contributed by atoms with Crippen molar-refractivity contribution in [1.82, 2.24) is 4.98 Å². The number of aromatic nitrogens is 1. The van der Waals surface area contributed by atoms with E-state index in [9.17, 15) is 10.1 Å². The Morgan fingerprint density at radius 2 is 2.07 bits per heavy atom. The number of hydrogen-bond donors (Lipinski definition) is 1. The predicted molar refractivity (Wildman–Crippen MR) is 54.4 cm³/mol. The number of nitrogens with zero attached hydrogens (tertiary/aromatic N) is 1. The van der Waals surface area contributed by atoms with Crippen molar-refractivity contribution in [3.8, 4) is 0 Å². The van der Waals surface area contributed by atoms with Gasteiger partial charge in [0.25, 0.3) is 5.69 Å². The number of aryl methyl sites for hydroxylation is 2. The first-order valence-corrected chi connectivity index (χ1v) is 4.33. The number of benzene rings is 1. The van der Waals surface area contributed by atoms with Gasteiger partial charge in [-0.3, -0.25) is 10.1 Å². The van der Waals surface area contributed by atoms with Crippen molar-refractivity contribution in [2.75, 3.05) is 0 Å². The van der Waals surface area contributed by atoms with E-state index in [1.807, 2.05) is 13.0 Å². The Labute approximate surface area is 80.7 Å². The molecular weight excluding hydrogens is 180 g/mol. The minimum absolute atomic E-state index is 0.201. The summed E-state index contributed by atoms with van der Waals surface area (Å²) < 4.78 is 0. The van der Waals surface area contributed by atoms with Gasteiger partial charge in [-0.1, -0.05) is 0 Å². The van der Waals surface area contributed by atoms with Gasteiger partial charge in [0.15, 0.2) is 0 Å². The fraction of sp³-hybridized carbons (Fsp3) is 0.200. The topological polar surface area (TPSA) is 58.9 Å². The molecule has 4 nitrogen and oxygen atoms in total. The van der Waals surface area contributed by atoms with Gasteiger partial charge in [0, 0.05) is 11.8 Å². The molecule has 0 amide bonds. The Kier molecular flexibility index (Phi) is 1.77. The van der Waals surface area contributed by atoms with E-state index in [0.717, 1.165) is 11.1 Å². The number of hydrogen-bond acceptors (Lipinski definition) is 2. The third kappa shape index (κ3) is 1.08. The van der Waals surface area contributed by atoms with E-state index < -0.39 is 0 Å². The summed E-state index contributed by atoms with van der Waals surface area (Å²) in [7, 11) is 0. The highest BCUT2D eigenvalue weighted by Gasteiger charge is 2.17. The molecule has 1 aromatic heterocycles. The second-order valence-corrected chi connectivity index (χ2v) is 3.38. The van der Waals surface area contributed by atoms with Crippen LogP contribution in [0, 0.1) is 24.0 Å². The second kappa shape index (κ2) is 2.83. The molecule has 1 N–H and O–H groups in total. The monoisotopic (exact) mass is 190 g/mol. The molecule has 0 aliphatic carbocycles. The maximum atomic E-state index is 10.8. The average Bonchev–Trinajstić information content (AvgIpc) is 2.51. The fourth-order valence-electron chi connectivity index (χ4n) is 1.81. The molecule has 0 saturated heterocycles. The van der Waals surface area contributed by atoms with Gasteiger partial charge in [0.1, 0.15) is 0 Å². The molecule has 2 aromatic rings. The number of rotatable bonds is 1. The Balaban J connectivity index is 2.93. The molecule has 0 unspecified atom stereocenters. The lowest BCUT2D eigenvalue weighted by molar-refractivity contribution is -0.383. The Morgan fingerprint density at radius 1 is 1.36 bits per heavy atom. The molecule has 4 heteroatoms. The van der Waals surface area contributed by atoms with Crippen LogP contribution in [0.4, 0.5) is 5.69 Å². The van der Waals surface area contributed by atoms with Gasteiger partial charge in [-0.25, -0.2) is 0 Å². The summed E-state index contributed by atoms with van der Waals surface area (Å²) in [5.41, 5.74) is 2.79. The molecule has 0 spiro atoms. The summed E-state index contributed by atoms with van der Waals surface area (Å²) in [5.74, 6) is 0. The number of aromatic amines is 1. The Hall–Kier alpha value is -1.84. The molecule has 0 aliphatic rings. The zero-order valence-corrected chi connectivity index (χ0v) is 8.00. The number of nitrogens with one attached hydrogen (secondary N) is 1. The van der Waals surface area contributed by atoms with Crippen LogP contribution in [0.3, 0.4) is 0 Å². The minimum atomic E-state index is -0.328. The molecule has 0 aliphatic heterocycles. The molecule has 1 aromatic carbocycles. The highest BCUT2D eigenvalue weighted by Crippen LogP contribution is 2.30. The predicted octanol–water partition coefficient (Wildman–Crippen LogP) is 2.69. The van der Waals surface area contributed by atoms with E-state index in [-0.39, 0.29) is 10.6 Å². The zero-order valence-electron chi connectivity index (χ0n) is 8.00. The van der Waals surface area contributed by atoms with Crippen molar-refractivity contribution in [3.63, 3.8) is 0 Å². The Morgan fingerprint density at radius 3 is 2.71 bits per heavy atom.